The molecule has 1 aromatic heterocycles. The Kier molecular flexibility index (Phi) is 7.19. The normalized spacial score (nSPS) is 14.5. The number of carbonyl (C=O) groups excluding carboxylic acids is 1. The standard InChI is InChI=1S/C21H21FN4O3S3/c22-18-6-2-1-5-16(18)14-30-21-25-24-20(31-21)23-13-19(27)15-7-9-17(10-8-15)32(28,29)26-11-3-4-12-26/h1-2,5-10H,3-4,11-14H2,(H,23,24). The van der Waals surface area contributed by atoms with Crippen molar-refractivity contribution in [3.8, 4) is 0 Å². The number of nitrogens with zero attached hydrogens (tertiary/aromatic N) is 3. The monoisotopic (exact) mass is 492 g/mol. The number of nitrogens with one attached hydrogen (secondary N) is 1. The first kappa shape index (κ1) is 22.8. The number of halogens is 1. The van der Waals surface area contributed by atoms with Crippen LogP contribution in [0.5, 0.6) is 0 Å². The summed E-state index contributed by atoms with van der Waals surface area (Å²) in [5.41, 5.74) is 1.00. The number of hydrogen-bond acceptors (Lipinski definition) is 8. The van der Waals surface area contributed by atoms with Crippen LogP contribution >= 0.6 is 23.1 Å². The summed E-state index contributed by atoms with van der Waals surface area (Å²) in [5, 5.41) is 11.5. The van der Waals surface area contributed by atoms with Gasteiger partial charge in [-0.1, -0.05) is 41.3 Å². The Morgan fingerprint density at radius 1 is 1.09 bits per heavy atom. The SMILES string of the molecule is O=C(CNc1nnc(SCc2ccccc2F)s1)c1ccc(S(=O)(=O)N2CCCC2)cc1. The van der Waals surface area contributed by atoms with Gasteiger partial charge in [0, 0.05) is 24.4 Å². The Hall–Kier alpha value is -2.34. The molecule has 0 atom stereocenters. The lowest BCUT2D eigenvalue weighted by atomic mass is 10.1. The van der Waals surface area contributed by atoms with Crippen molar-refractivity contribution >= 4 is 44.0 Å². The van der Waals surface area contributed by atoms with Crippen molar-refractivity contribution in [1.82, 2.24) is 14.5 Å². The third-order valence-electron chi connectivity index (χ3n) is 4.99. The fourth-order valence-corrected chi connectivity index (χ4v) is 6.49. The van der Waals surface area contributed by atoms with E-state index in [2.05, 4.69) is 15.5 Å². The minimum Gasteiger partial charge on any atom is -0.353 e. The predicted octanol–water partition coefficient (Wildman–Crippen LogP) is 4.05. The van der Waals surface area contributed by atoms with Crippen LogP contribution in [0.2, 0.25) is 0 Å². The molecule has 0 spiro atoms. The Labute approximate surface area is 194 Å². The lowest BCUT2D eigenvalue weighted by Gasteiger charge is -2.15. The molecule has 2 heterocycles. The van der Waals surface area contributed by atoms with Crippen LogP contribution in [-0.4, -0.2) is 48.3 Å². The number of sulfonamides is 1. The molecule has 0 amide bonds. The Balaban J connectivity index is 1.31. The first-order chi connectivity index (χ1) is 15.4. The van der Waals surface area contributed by atoms with E-state index in [0.717, 1.165) is 12.8 Å². The van der Waals surface area contributed by atoms with E-state index >= 15 is 0 Å². The van der Waals surface area contributed by atoms with E-state index in [0.29, 0.717) is 39.4 Å². The van der Waals surface area contributed by atoms with Crippen LogP contribution in [0.3, 0.4) is 0 Å². The molecular weight excluding hydrogens is 471 g/mol. The van der Waals surface area contributed by atoms with Gasteiger partial charge in [0.25, 0.3) is 0 Å². The van der Waals surface area contributed by atoms with Crippen molar-refractivity contribution in [3.05, 3.63) is 65.5 Å². The Morgan fingerprint density at radius 3 is 2.53 bits per heavy atom. The summed E-state index contributed by atoms with van der Waals surface area (Å²) < 4.78 is 41.0. The molecule has 0 saturated carbocycles. The largest absolute Gasteiger partial charge is 0.353 e. The van der Waals surface area contributed by atoms with Gasteiger partial charge in [-0.2, -0.15) is 4.31 Å². The second-order valence-electron chi connectivity index (χ2n) is 7.17. The van der Waals surface area contributed by atoms with Crippen LogP contribution in [0.1, 0.15) is 28.8 Å². The highest BCUT2D eigenvalue weighted by molar-refractivity contribution is 8.00. The summed E-state index contributed by atoms with van der Waals surface area (Å²) >= 11 is 2.66. The van der Waals surface area contributed by atoms with Crippen molar-refractivity contribution in [2.24, 2.45) is 0 Å². The van der Waals surface area contributed by atoms with Crippen LogP contribution in [0.25, 0.3) is 0 Å². The van der Waals surface area contributed by atoms with Crippen molar-refractivity contribution in [2.45, 2.75) is 27.8 Å². The number of aromatic nitrogens is 2. The third-order valence-corrected chi connectivity index (χ3v) is 8.97. The average Bonchev–Trinajstić information content (AvgIpc) is 3.50. The van der Waals surface area contributed by atoms with E-state index in [9.17, 15) is 17.6 Å². The van der Waals surface area contributed by atoms with Gasteiger partial charge in [0.2, 0.25) is 15.2 Å². The number of benzene rings is 2. The van der Waals surface area contributed by atoms with E-state index < -0.39 is 10.0 Å². The zero-order valence-corrected chi connectivity index (χ0v) is 19.5. The molecule has 32 heavy (non-hydrogen) atoms. The summed E-state index contributed by atoms with van der Waals surface area (Å²) in [6, 6.07) is 12.6. The predicted molar refractivity (Wildman–Crippen MR) is 123 cm³/mol. The smallest absolute Gasteiger partial charge is 0.243 e. The maximum Gasteiger partial charge on any atom is 0.243 e. The molecular formula is C21H21FN4O3S3. The number of Topliss-reactive ketones (excluding diaryl/α,β-unsaturated/α-hetero) is 1. The summed E-state index contributed by atoms with van der Waals surface area (Å²) in [6.45, 7) is 1.08. The summed E-state index contributed by atoms with van der Waals surface area (Å²) in [5.74, 6) is -0.00833. The van der Waals surface area contributed by atoms with E-state index in [4.69, 9.17) is 0 Å². The van der Waals surface area contributed by atoms with Crippen LogP contribution < -0.4 is 5.32 Å². The highest BCUT2D eigenvalue weighted by Gasteiger charge is 2.27. The fourth-order valence-electron chi connectivity index (χ4n) is 3.24. The van der Waals surface area contributed by atoms with E-state index in [1.165, 1.54) is 57.7 Å². The third kappa shape index (κ3) is 5.34. The van der Waals surface area contributed by atoms with Gasteiger partial charge in [-0.3, -0.25) is 4.79 Å². The highest BCUT2D eigenvalue weighted by atomic mass is 32.2. The van der Waals surface area contributed by atoms with Gasteiger partial charge in [-0.05, 0) is 48.7 Å². The molecule has 1 N–H and O–H groups in total. The minimum absolute atomic E-state index is 0.00480. The van der Waals surface area contributed by atoms with Gasteiger partial charge in [0.05, 0.1) is 11.4 Å². The number of thioether (sulfide) groups is 1. The topological polar surface area (TPSA) is 92.3 Å². The van der Waals surface area contributed by atoms with Gasteiger partial charge in [-0.25, -0.2) is 12.8 Å². The van der Waals surface area contributed by atoms with Gasteiger partial charge >= 0.3 is 0 Å². The Bertz CT molecular complexity index is 1190. The van der Waals surface area contributed by atoms with Crippen LogP contribution in [0.15, 0.2) is 57.8 Å². The van der Waals surface area contributed by atoms with Crippen molar-refractivity contribution in [1.29, 1.82) is 0 Å². The van der Waals surface area contributed by atoms with Crippen molar-refractivity contribution in [2.75, 3.05) is 25.0 Å². The van der Waals surface area contributed by atoms with Gasteiger partial charge in [0.1, 0.15) is 5.82 Å². The second-order valence-corrected chi connectivity index (χ2v) is 11.3. The summed E-state index contributed by atoms with van der Waals surface area (Å²) in [4.78, 5) is 12.7. The molecule has 0 bridgehead atoms. The highest BCUT2D eigenvalue weighted by Crippen LogP contribution is 2.29. The summed E-state index contributed by atoms with van der Waals surface area (Å²) in [7, 11) is -3.50. The Morgan fingerprint density at radius 2 is 1.81 bits per heavy atom. The summed E-state index contributed by atoms with van der Waals surface area (Å²) in [6.07, 6.45) is 1.74. The second kappa shape index (κ2) is 10.1. The first-order valence-electron chi connectivity index (χ1n) is 10.0. The van der Waals surface area contributed by atoms with Gasteiger partial charge in [0.15, 0.2) is 10.1 Å². The first-order valence-corrected chi connectivity index (χ1v) is 13.2. The number of rotatable bonds is 9. The van der Waals surface area contributed by atoms with Gasteiger partial charge < -0.3 is 5.32 Å². The zero-order chi connectivity index (χ0) is 22.6. The zero-order valence-electron chi connectivity index (χ0n) is 17.0. The number of ketones is 1. The van der Waals surface area contributed by atoms with Crippen molar-refractivity contribution < 1.29 is 17.6 Å². The lowest BCUT2D eigenvalue weighted by Crippen LogP contribution is -2.27. The number of carbonyl (C=O) groups is 1. The lowest BCUT2D eigenvalue weighted by molar-refractivity contribution is 0.101. The molecule has 2 aromatic carbocycles. The molecule has 1 aliphatic rings. The van der Waals surface area contributed by atoms with Crippen LogP contribution in [-0.2, 0) is 15.8 Å². The van der Waals surface area contributed by atoms with Crippen molar-refractivity contribution in [3.63, 3.8) is 0 Å². The van der Waals surface area contributed by atoms with Crippen LogP contribution in [0.4, 0.5) is 9.52 Å². The molecule has 7 nitrogen and oxygen atoms in total. The average molecular weight is 493 g/mol. The van der Waals surface area contributed by atoms with E-state index in [1.807, 2.05) is 0 Å². The van der Waals surface area contributed by atoms with Crippen LogP contribution in [0, 0.1) is 5.82 Å². The molecule has 11 heteroatoms. The van der Waals surface area contributed by atoms with Gasteiger partial charge in [-0.15, -0.1) is 10.2 Å². The quantitative estimate of drug-likeness (QED) is 0.356. The molecule has 0 radical (unpaired) electrons. The maximum atomic E-state index is 13.7. The number of hydrogen-bond donors (Lipinski definition) is 1. The molecule has 1 fully saturated rings. The molecule has 3 aromatic rings. The molecule has 4 rings (SSSR count). The molecule has 0 unspecified atom stereocenters. The molecule has 168 valence electrons. The van der Waals surface area contributed by atoms with E-state index in [-0.39, 0.29) is 23.0 Å². The fraction of sp³-hybridized carbons (Fsp3) is 0.286. The minimum atomic E-state index is -3.50. The molecule has 0 aliphatic carbocycles. The van der Waals surface area contributed by atoms with E-state index in [1.54, 1.807) is 18.2 Å². The number of anilines is 1. The molecule has 1 aliphatic heterocycles. The maximum absolute atomic E-state index is 13.7. The molecule has 1 saturated heterocycles.